The van der Waals surface area contributed by atoms with Crippen molar-refractivity contribution in [3.63, 3.8) is 0 Å². The van der Waals surface area contributed by atoms with Crippen LogP contribution in [-0.4, -0.2) is 16.6 Å². The lowest BCUT2D eigenvalue weighted by atomic mass is 9.93. The summed E-state index contributed by atoms with van der Waals surface area (Å²) in [6.07, 6.45) is 0.689. The van der Waals surface area contributed by atoms with E-state index in [0.717, 1.165) is 27.4 Å². The summed E-state index contributed by atoms with van der Waals surface area (Å²) in [5.41, 5.74) is 2.12. The van der Waals surface area contributed by atoms with Crippen molar-refractivity contribution in [2.24, 2.45) is 5.10 Å². The fourth-order valence-corrected chi connectivity index (χ4v) is 5.16. The van der Waals surface area contributed by atoms with Crippen molar-refractivity contribution in [1.29, 1.82) is 0 Å². The van der Waals surface area contributed by atoms with Crippen molar-refractivity contribution in [3.8, 4) is 5.75 Å². The van der Waals surface area contributed by atoms with Crippen molar-refractivity contribution in [2.75, 3.05) is 5.32 Å². The number of fused-ring (bicyclic) bond motifs is 6. The van der Waals surface area contributed by atoms with Crippen LogP contribution in [0.5, 0.6) is 5.75 Å². The minimum Gasteiger partial charge on any atom is -0.453 e. The number of nitrogens with one attached hydrogen (secondary N) is 1. The number of carbonyl (C=O) groups excluding carboxylic acids is 1. The van der Waals surface area contributed by atoms with Gasteiger partial charge in [0, 0.05) is 17.0 Å². The van der Waals surface area contributed by atoms with E-state index in [1.165, 1.54) is 0 Å². The molecule has 0 saturated heterocycles. The number of rotatable bonds is 1. The lowest BCUT2D eigenvalue weighted by Crippen LogP contribution is -2.55. The van der Waals surface area contributed by atoms with Crippen molar-refractivity contribution >= 4 is 40.2 Å². The molecule has 2 aromatic carbocycles. The normalized spacial score (nSPS) is 24.3. The summed E-state index contributed by atoms with van der Waals surface area (Å²) < 4.78 is 6.41. The fourth-order valence-electron chi connectivity index (χ4n) is 4.26. The molecule has 0 aliphatic carbocycles. The van der Waals surface area contributed by atoms with Crippen molar-refractivity contribution in [2.45, 2.75) is 18.2 Å². The van der Waals surface area contributed by atoms with Crippen LogP contribution in [-0.2, 0) is 10.5 Å². The minimum absolute atomic E-state index is 0.128. The molecule has 0 saturated carbocycles. The van der Waals surface area contributed by atoms with Gasteiger partial charge >= 0.3 is 5.72 Å². The molecular weight excluding hydrogens is 394 g/mol. The number of hydrazone groups is 1. The van der Waals surface area contributed by atoms with Gasteiger partial charge in [-0.2, -0.15) is 5.10 Å². The smallest absolute Gasteiger partial charge is 0.306 e. The van der Waals surface area contributed by atoms with Gasteiger partial charge in [0.2, 0.25) is 0 Å². The molecule has 5 nitrogen and oxygen atoms in total. The van der Waals surface area contributed by atoms with E-state index in [2.05, 4.69) is 11.4 Å². The van der Waals surface area contributed by atoms with Gasteiger partial charge in [-0.3, -0.25) is 4.79 Å². The van der Waals surface area contributed by atoms with E-state index >= 15 is 0 Å². The number of anilines is 1. The Labute approximate surface area is 170 Å². The van der Waals surface area contributed by atoms with E-state index in [9.17, 15) is 4.79 Å². The molecule has 0 fully saturated rings. The molecule has 28 heavy (non-hydrogen) atoms. The number of hydrogen-bond acceptors (Lipinski definition) is 5. The molecule has 0 bridgehead atoms. The van der Waals surface area contributed by atoms with Gasteiger partial charge in [-0.25, -0.2) is 5.01 Å². The SMILES string of the molecule is O=C1Nc2ccccc2C12Oc1ccc(Cl)cc1C1CC(c3cccs3)=NN12. The Morgan fingerprint density at radius 1 is 1.21 bits per heavy atom. The first-order valence-electron chi connectivity index (χ1n) is 8.97. The first-order valence-corrected chi connectivity index (χ1v) is 10.2. The maximum absolute atomic E-state index is 13.3. The van der Waals surface area contributed by atoms with E-state index in [4.69, 9.17) is 21.4 Å². The second-order valence-electron chi connectivity index (χ2n) is 7.02. The number of carbonyl (C=O) groups is 1. The zero-order chi connectivity index (χ0) is 18.9. The minimum atomic E-state index is -1.32. The van der Waals surface area contributed by atoms with E-state index in [0.29, 0.717) is 17.2 Å². The maximum Gasteiger partial charge on any atom is 0.306 e. The molecule has 1 amide bonds. The molecule has 2 unspecified atom stereocenters. The lowest BCUT2D eigenvalue weighted by molar-refractivity contribution is -0.161. The van der Waals surface area contributed by atoms with Crippen LogP contribution in [0.4, 0.5) is 5.69 Å². The molecule has 0 radical (unpaired) electrons. The quantitative estimate of drug-likeness (QED) is 0.633. The number of halogens is 1. The summed E-state index contributed by atoms with van der Waals surface area (Å²) in [6, 6.07) is 17.1. The second kappa shape index (κ2) is 5.59. The summed E-state index contributed by atoms with van der Waals surface area (Å²) in [4.78, 5) is 14.3. The molecule has 1 N–H and O–H groups in total. The largest absolute Gasteiger partial charge is 0.453 e. The van der Waals surface area contributed by atoms with Crippen LogP contribution in [0.1, 0.15) is 28.5 Å². The Kier molecular flexibility index (Phi) is 3.23. The van der Waals surface area contributed by atoms with Crippen molar-refractivity contribution in [1.82, 2.24) is 5.01 Å². The third-order valence-corrected chi connectivity index (χ3v) is 6.63. The highest BCUT2D eigenvalue weighted by Gasteiger charge is 2.60. The Morgan fingerprint density at radius 2 is 2.11 bits per heavy atom. The number of benzene rings is 2. The summed E-state index contributed by atoms with van der Waals surface area (Å²) in [7, 11) is 0. The molecule has 2 atom stereocenters. The molecule has 138 valence electrons. The zero-order valence-corrected chi connectivity index (χ0v) is 16.1. The Morgan fingerprint density at radius 3 is 2.96 bits per heavy atom. The Hall–Kier alpha value is -2.83. The number of nitrogens with zero attached hydrogens (tertiary/aromatic N) is 2. The number of para-hydroxylation sites is 1. The highest BCUT2D eigenvalue weighted by molar-refractivity contribution is 7.12. The van der Waals surface area contributed by atoms with Gasteiger partial charge in [0.15, 0.2) is 0 Å². The van der Waals surface area contributed by atoms with E-state index in [-0.39, 0.29) is 11.9 Å². The van der Waals surface area contributed by atoms with Crippen LogP contribution in [0, 0.1) is 0 Å². The van der Waals surface area contributed by atoms with E-state index in [1.807, 2.05) is 52.9 Å². The van der Waals surface area contributed by atoms with Crippen LogP contribution in [0.15, 0.2) is 65.1 Å². The zero-order valence-electron chi connectivity index (χ0n) is 14.6. The second-order valence-corrected chi connectivity index (χ2v) is 8.40. The monoisotopic (exact) mass is 407 g/mol. The van der Waals surface area contributed by atoms with Crippen LogP contribution < -0.4 is 10.1 Å². The van der Waals surface area contributed by atoms with Gasteiger partial charge in [0.25, 0.3) is 5.91 Å². The summed E-state index contributed by atoms with van der Waals surface area (Å²) in [5.74, 6) is 0.440. The summed E-state index contributed by atoms with van der Waals surface area (Å²) in [6.45, 7) is 0. The molecule has 1 spiro atoms. The topological polar surface area (TPSA) is 53.9 Å². The highest BCUT2D eigenvalue weighted by Crippen LogP contribution is 2.54. The number of ether oxygens (including phenoxy) is 1. The van der Waals surface area contributed by atoms with E-state index < -0.39 is 5.72 Å². The first kappa shape index (κ1) is 16.2. The Balaban J connectivity index is 1.60. The molecule has 4 heterocycles. The van der Waals surface area contributed by atoms with Crippen LogP contribution in [0.2, 0.25) is 5.02 Å². The molecule has 6 rings (SSSR count). The molecule has 1 aromatic heterocycles. The van der Waals surface area contributed by atoms with Crippen LogP contribution >= 0.6 is 22.9 Å². The molecule has 7 heteroatoms. The Bertz CT molecular complexity index is 1160. The molecular formula is C21H14ClN3O2S. The first-order chi connectivity index (χ1) is 13.7. The van der Waals surface area contributed by atoms with Gasteiger partial charge in [-0.05, 0) is 35.7 Å². The third-order valence-electron chi connectivity index (χ3n) is 5.48. The summed E-state index contributed by atoms with van der Waals surface area (Å²) >= 11 is 7.92. The molecule has 3 aliphatic heterocycles. The van der Waals surface area contributed by atoms with Gasteiger partial charge in [-0.1, -0.05) is 35.9 Å². The predicted octanol–water partition coefficient (Wildman–Crippen LogP) is 4.75. The standard InChI is InChI=1S/C21H14ClN3O2S/c22-12-7-8-18-13(10-12)17-11-16(19-6-3-9-28-19)24-25(17)21(27-18)14-4-1-2-5-15(14)23-20(21)26/h1-10,17H,11H2,(H,23,26). The van der Waals surface area contributed by atoms with Crippen molar-refractivity contribution < 1.29 is 9.53 Å². The van der Waals surface area contributed by atoms with Gasteiger partial charge in [-0.15, -0.1) is 11.3 Å². The van der Waals surface area contributed by atoms with Crippen LogP contribution in [0.3, 0.4) is 0 Å². The average molecular weight is 408 g/mol. The summed E-state index contributed by atoms with van der Waals surface area (Å²) in [5, 5.41) is 12.4. The highest BCUT2D eigenvalue weighted by atomic mass is 35.5. The number of amides is 1. The van der Waals surface area contributed by atoms with Crippen molar-refractivity contribution in [3.05, 3.63) is 81.0 Å². The number of hydrogen-bond donors (Lipinski definition) is 1. The van der Waals surface area contributed by atoms with Gasteiger partial charge in [0.05, 0.1) is 27.9 Å². The molecule has 3 aliphatic rings. The lowest BCUT2D eigenvalue weighted by Gasteiger charge is -2.44. The third kappa shape index (κ3) is 2.02. The fraction of sp³-hybridized carbons (Fsp3) is 0.143. The van der Waals surface area contributed by atoms with Gasteiger partial charge in [0.1, 0.15) is 5.75 Å². The molecule has 3 aromatic rings. The predicted molar refractivity (Wildman–Crippen MR) is 109 cm³/mol. The maximum atomic E-state index is 13.3. The van der Waals surface area contributed by atoms with Gasteiger partial charge < -0.3 is 10.1 Å². The average Bonchev–Trinajstić information content (AvgIpc) is 3.42. The number of thiophene rings is 1. The van der Waals surface area contributed by atoms with E-state index in [1.54, 1.807) is 17.4 Å². The van der Waals surface area contributed by atoms with Crippen LogP contribution in [0.25, 0.3) is 0 Å².